The van der Waals surface area contributed by atoms with Gasteiger partial charge in [-0.2, -0.15) is 0 Å². The topological polar surface area (TPSA) is 17.1 Å². The van der Waals surface area contributed by atoms with Gasteiger partial charge in [-0.25, -0.2) is 0 Å². The number of hydrogen-bond donors (Lipinski definition) is 0. The summed E-state index contributed by atoms with van der Waals surface area (Å²) in [5.74, 6) is 0.174. The number of benzene rings is 2. The van der Waals surface area contributed by atoms with Crippen LogP contribution < -0.4 is 0 Å². The zero-order valence-electron chi connectivity index (χ0n) is 10.7. The molecular formula is C16H15ClOS. The monoisotopic (exact) mass is 290 g/mol. The summed E-state index contributed by atoms with van der Waals surface area (Å²) in [4.78, 5) is 13.4. The average Bonchev–Trinajstić information content (AvgIpc) is 2.45. The molecular weight excluding hydrogens is 276 g/mol. The van der Waals surface area contributed by atoms with Gasteiger partial charge in [0.15, 0.2) is 5.78 Å². The number of Topliss-reactive ketones (excluding diaryl/α,β-unsaturated/α-hetero) is 1. The summed E-state index contributed by atoms with van der Waals surface area (Å²) in [6.07, 6.45) is 0.797. The van der Waals surface area contributed by atoms with Crippen LogP contribution in [0.3, 0.4) is 0 Å². The van der Waals surface area contributed by atoms with E-state index in [2.05, 4.69) is 0 Å². The molecule has 0 spiro atoms. The standard InChI is InChI=1S/C16H15ClOS/c1-2-15(16(18)12-7-4-3-5-8-12)19-14-10-6-9-13(17)11-14/h3-11,15H,2H2,1H3. The van der Waals surface area contributed by atoms with E-state index in [0.717, 1.165) is 16.9 Å². The number of hydrogen-bond acceptors (Lipinski definition) is 2. The van der Waals surface area contributed by atoms with Gasteiger partial charge in [-0.3, -0.25) is 4.79 Å². The fourth-order valence-electron chi connectivity index (χ4n) is 1.82. The van der Waals surface area contributed by atoms with E-state index in [4.69, 9.17) is 11.6 Å². The number of carbonyl (C=O) groups is 1. The molecule has 0 fully saturated rings. The van der Waals surface area contributed by atoms with Crippen LogP contribution in [0.15, 0.2) is 59.5 Å². The molecule has 0 heterocycles. The lowest BCUT2D eigenvalue weighted by Gasteiger charge is -2.13. The van der Waals surface area contributed by atoms with E-state index in [0.29, 0.717) is 5.02 Å². The molecule has 0 bridgehead atoms. The quantitative estimate of drug-likeness (QED) is 0.563. The fraction of sp³-hybridized carbons (Fsp3) is 0.188. The number of ketones is 1. The van der Waals surface area contributed by atoms with Crippen LogP contribution in [0.1, 0.15) is 23.7 Å². The molecule has 0 saturated carbocycles. The van der Waals surface area contributed by atoms with E-state index >= 15 is 0 Å². The molecule has 0 saturated heterocycles. The second-order valence-electron chi connectivity index (χ2n) is 4.20. The molecule has 0 aromatic heterocycles. The molecule has 0 N–H and O–H groups in total. The Bertz CT molecular complexity index is 554. The maximum absolute atomic E-state index is 12.4. The van der Waals surface area contributed by atoms with Crippen molar-refractivity contribution in [3.63, 3.8) is 0 Å². The summed E-state index contributed by atoms with van der Waals surface area (Å²) >= 11 is 7.54. The normalized spacial score (nSPS) is 12.1. The van der Waals surface area contributed by atoms with Gasteiger partial charge in [-0.05, 0) is 24.6 Å². The fourth-order valence-corrected chi connectivity index (χ4v) is 3.16. The van der Waals surface area contributed by atoms with Crippen LogP contribution in [0.5, 0.6) is 0 Å². The minimum atomic E-state index is -0.0686. The molecule has 1 nitrogen and oxygen atoms in total. The van der Waals surface area contributed by atoms with Crippen LogP contribution in [0.2, 0.25) is 5.02 Å². The predicted octanol–water partition coefficient (Wildman–Crippen LogP) is 5.09. The Morgan fingerprint density at radius 1 is 1.16 bits per heavy atom. The number of rotatable bonds is 5. The summed E-state index contributed by atoms with van der Waals surface area (Å²) in [5.41, 5.74) is 0.767. The summed E-state index contributed by atoms with van der Waals surface area (Å²) in [6, 6.07) is 17.1. The van der Waals surface area contributed by atoms with Gasteiger partial charge in [-0.15, -0.1) is 11.8 Å². The molecule has 0 aliphatic carbocycles. The molecule has 0 aliphatic heterocycles. The van der Waals surface area contributed by atoms with E-state index in [1.165, 1.54) is 0 Å². The van der Waals surface area contributed by atoms with Crippen LogP contribution in [0.4, 0.5) is 0 Å². The highest BCUT2D eigenvalue weighted by Crippen LogP contribution is 2.29. The average molecular weight is 291 g/mol. The minimum Gasteiger partial charge on any atom is -0.293 e. The molecule has 2 rings (SSSR count). The highest BCUT2D eigenvalue weighted by molar-refractivity contribution is 8.00. The number of halogens is 1. The van der Waals surface area contributed by atoms with Gasteiger partial charge < -0.3 is 0 Å². The van der Waals surface area contributed by atoms with Gasteiger partial charge >= 0.3 is 0 Å². The first kappa shape index (κ1) is 14.2. The van der Waals surface area contributed by atoms with Crippen molar-refractivity contribution in [2.45, 2.75) is 23.5 Å². The van der Waals surface area contributed by atoms with Gasteiger partial charge in [0, 0.05) is 15.5 Å². The number of carbonyl (C=O) groups excluding carboxylic acids is 1. The molecule has 0 amide bonds. The second-order valence-corrected chi connectivity index (χ2v) is 5.91. The Kier molecular flexibility index (Phi) is 5.06. The Morgan fingerprint density at radius 3 is 2.53 bits per heavy atom. The molecule has 1 atom stereocenters. The first-order valence-electron chi connectivity index (χ1n) is 6.22. The molecule has 2 aromatic rings. The Morgan fingerprint density at radius 2 is 1.89 bits per heavy atom. The lowest BCUT2D eigenvalue weighted by atomic mass is 10.1. The Hall–Kier alpha value is -1.25. The van der Waals surface area contributed by atoms with Crippen molar-refractivity contribution in [3.8, 4) is 0 Å². The van der Waals surface area contributed by atoms with Crippen molar-refractivity contribution in [1.29, 1.82) is 0 Å². The zero-order valence-corrected chi connectivity index (χ0v) is 12.2. The van der Waals surface area contributed by atoms with E-state index in [-0.39, 0.29) is 11.0 Å². The van der Waals surface area contributed by atoms with Crippen LogP contribution in [0.25, 0.3) is 0 Å². The van der Waals surface area contributed by atoms with Gasteiger partial charge in [0.05, 0.1) is 5.25 Å². The van der Waals surface area contributed by atoms with E-state index < -0.39 is 0 Å². The second kappa shape index (κ2) is 6.78. The van der Waals surface area contributed by atoms with Crippen LogP contribution in [-0.2, 0) is 0 Å². The Balaban J connectivity index is 2.15. The molecule has 19 heavy (non-hydrogen) atoms. The van der Waals surface area contributed by atoms with Crippen LogP contribution >= 0.6 is 23.4 Å². The Labute approximate surface area is 123 Å². The first-order valence-corrected chi connectivity index (χ1v) is 7.48. The molecule has 1 unspecified atom stereocenters. The summed E-state index contributed by atoms with van der Waals surface area (Å²) in [5, 5.41) is 0.632. The van der Waals surface area contributed by atoms with Crippen molar-refractivity contribution in [2.24, 2.45) is 0 Å². The predicted molar refractivity (Wildman–Crippen MR) is 82.2 cm³/mol. The maximum Gasteiger partial charge on any atom is 0.176 e. The molecule has 0 radical (unpaired) electrons. The van der Waals surface area contributed by atoms with Gasteiger partial charge in [0.25, 0.3) is 0 Å². The van der Waals surface area contributed by atoms with Crippen LogP contribution in [-0.4, -0.2) is 11.0 Å². The first-order chi connectivity index (χ1) is 9.20. The van der Waals surface area contributed by atoms with Gasteiger partial charge in [-0.1, -0.05) is 54.9 Å². The van der Waals surface area contributed by atoms with Crippen molar-refractivity contribution in [1.82, 2.24) is 0 Å². The SMILES string of the molecule is CCC(Sc1cccc(Cl)c1)C(=O)c1ccccc1. The summed E-state index contributed by atoms with van der Waals surface area (Å²) in [7, 11) is 0. The highest BCUT2D eigenvalue weighted by atomic mass is 35.5. The third kappa shape index (κ3) is 3.85. The maximum atomic E-state index is 12.4. The lowest BCUT2D eigenvalue weighted by Crippen LogP contribution is -2.16. The molecule has 0 aliphatic rings. The molecule has 98 valence electrons. The van der Waals surface area contributed by atoms with Gasteiger partial charge in [0.2, 0.25) is 0 Å². The van der Waals surface area contributed by atoms with Crippen LogP contribution in [0, 0.1) is 0 Å². The van der Waals surface area contributed by atoms with Crippen molar-refractivity contribution >= 4 is 29.1 Å². The van der Waals surface area contributed by atoms with Gasteiger partial charge in [0.1, 0.15) is 0 Å². The zero-order chi connectivity index (χ0) is 13.7. The lowest BCUT2D eigenvalue weighted by molar-refractivity contribution is 0.0988. The third-order valence-corrected chi connectivity index (χ3v) is 4.39. The molecule has 2 aromatic carbocycles. The third-order valence-electron chi connectivity index (χ3n) is 2.80. The van der Waals surface area contributed by atoms with E-state index in [1.807, 2.05) is 61.5 Å². The highest BCUT2D eigenvalue weighted by Gasteiger charge is 2.19. The minimum absolute atomic E-state index is 0.0686. The summed E-state index contributed by atoms with van der Waals surface area (Å²) in [6.45, 7) is 2.03. The largest absolute Gasteiger partial charge is 0.293 e. The molecule has 3 heteroatoms. The van der Waals surface area contributed by atoms with E-state index in [9.17, 15) is 4.79 Å². The van der Waals surface area contributed by atoms with Crippen molar-refractivity contribution < 1.29 is 4.79 Å². The van der Waals surface area contributed by atoms with E-state index in [1.54, 1.807) is 11.8 Å². The number of thioether (sulfide) groups is 1. The summed E-state index contributed by atoms with van der Waals surface area (Å²) < 4.78 is 0. The van der Waals surface area contributed by atoms with Crippen molar-refractivity contribution in [3.05, 3.63) is 65.2 Å². The van der Waals surface area contributed by atoms with Crippen molar-refractivity contribution in [2.75, 3.05) is 0 Å². The smallest absolute Gasteiger partial charge is 0.176 e.